The van der Waals surface area contributed by atoms with Crippen molar-refractivity contribution in [1.82, 2.24) is 14.6 Å². The fourth-order valence-corrected chi connectivity index (χ4v) is 4.52. The van der Waals surface area contributed by atoms with Crippen LogP contribution >= 0.6 is 0 Å². The molecule has 3 aliphatic rings. The third-order valence-corrected chi connectivity index (χ3v) is 5.96. The van der Waals surface area contributed by atoms with Crippen LogP contribution in [0.25, 0.3) is 16.4 Å². The lowest BCUT2D eigenvalue weighted by Gasteiger charge is -2.44. The van der Waals surface area contributed by atoms with Gasteiger partial charge in [0.15, 0.2) is 0 Å². The number of hydrogen-bond donors (Lipinski definition) is 1. The number of aromatic nitrogens is 1. The first-order valence-corrected chi connectivity index (χ1v) is 9.22. The van der Waals surface area contributed by atoms with E-state index in [1.807, 2.05) is 12.3 Å². The Morgan fingerprint density at radius 1 is 1.12 bits per heavy atom. The van der Waals surface area contributed by atoms with Crippen LogP contribution in [0.5, 0.6) is 0 Å². The van der Waals surface area contributed by atoms with Crippen LogP contribution in [-0.2, 0) is 0 Å². The maximum absolute atomic E-state index is 12.8. The van der Waals surface area contributed by atoms with Crippen LogP contribution in [0.1, 0.15) is 28.8 Å². The highest BCUT2D eigenvalue weighted by Gasteiger charge is 2.35. The fraction of sp³-hybridized carbons (Fsp3) is 0.381. The molecule has 5 heterocycles. The summed E-state index contributed by atoms with van der Waals surface area (Å²) in [7, 11) is 0. The zero-order valence-corrected chi connectivity index (χ0v) is 14.5. The molecule has 1 amide bonds. The molecule has 0 spiro atoms. The molecule has 0 saturated carbocycles. The number of benzene rings is 1. The summed E-state index contributed by atoms with van der Waals surface area (Å²) in [6.07, 6.45) is 4.41. The molecular weight excluding hydrogens is 310 g/mol. The predicted molar refractivity (Wildman–Crippen MR) is 100 cm³/mol. The molecule has 3 aromatic rings. The molecule has 2 bridgehead atoms. The van der Waals surface area contributed by atoms with Gasteiger partial charge in [-0.25, -0.2) is 0 Å². The van der Waals surface area contributed by atoms with Crippen LogP contribution in [0.4, 0.5) is 0 Å². The second kappa shape index (κ2) is 5.60. The third kappa shape index (κ3) is 2.52. The third-order valence-electron chi connectivity index (χ3n) is 5.96. The largest absolute Gasteiger partial charge is 0.348 e. The van der Waals surface area contributed by atoms with E-state index >= 15 is 0 Å². The van der Waals surface area contributed by atoms with Gasteiger partial charge < -0.3 is 14.6 Å². The average Bonchev–Trinajstić information content (AvgIpc) is 3.07. The molecule has 25 heavy (non-hydrogen) atoms. The number of carbonyl (C=O) groups is 1. The highest BCUT2D eigenvalue weighted by atomic mass is 16.1. The van der Waals surface area contributed by atoms with Gasteiger partial charge in [-0.2, -0.15) is 0 Å². The van der Waals surface area contributed by atoms with Crippen LogP contribution in [0.2, 0.25) is 0 Å². The van der Waals surface area contributed by atoms with Crippen molar-refractivity contribution in [3.8, 4) is 0 Å². The molecule has 0 aliphatic carbocycles. The summed E-state index contributed by atoms with van der Waals surface area (Å²) < 4.78 is 2.13. The Kier molecular flexibility index (Phi) is 3.35. The van der Waals surface area contributed by atoms with Crippen molar-refractivity contribution >= 4 is 22.3 Å². The van der Waals surface area contributed by atoms with Crippen molar-refractivity contribution in [2.45, 2.75) is 25.8 Å². The Hall–Kier alpha value is -2.33. The maximum Gasteiger partial charge on any atom is 0.253 e. The molecule has 4 heteroatoms. The minimum atomic E-state index is 0.0581. The predicted octanol–water partition coefficient (Wildman–Crippen LogP) is 3.22. The quantitative estimate of drug-likeness (QED) is 0.782. The number of amides is 1. The standard InChI is InChI=1S/C21H23N3O/c1-14-2-5-20-16(10-14)3-4-18-11-17(12-24(18)20)21(25)22-19-13-23-8-6-15(19)7-9-23/h2-5,10-12,15,19H,6-9,13H2,1H3,(H,22,25)/t19-/m0/s1. The molecule has 1 N–H and O–H groups in total. The van der Waals surface area contributed by atoms with Gasteiger partial charge in [0.1, 0.15) is 0 Å². The monoisotopic (exact) mass is 333 g/mol. The van der Waals surface area contributed by atoms with E-state index in [9.17, 15) is 4.79 Å². The summed E-state index contributed by atoms with van der Waals surface area (Å²) in [5, 5.41) is 4.49. The zero-order valence-electron chi connectivity index (χ0n) is 14.5. The lowest BCUT2D eigenvalue weighted by molar-refractivity contribution is 0.0620. The Labute approximate surface area is 147 Å². The van der Waals surface area contributed by atoms with Crippen molar-refractivity contribution in [3.05, 3.63) is 53.7 Å². The van der Waals surface area contributed by atoms with Gasteiger partial charge in [0.25, 0.3) is 5.91 Å². The van der Waals surface area contributed by atoms with E-state index < -0.39 is 0 Å². The van der Waals surface area contributed by atoms with Gasteiger partial charge in [-0.15, -0.1) is 0 Å². The van der Waals surface area contributed by atoms with E-state index in [1.54, 1.807) is 0 Å². The number of nitrogens with zero attached hydrogens (tertiary/aromatic N) is 2. The van der Waals surface area contributed by atoms with E-state index in [0.717, 1.165) is 23.1 Å². The normalized spacial score (nSPS) is 25.6. The SMILES string of the molecule is Cc1ccc2c(ccc3cc(C(=O)N[C@H]4CN5CCC4CC5)cn32)c1. The number of carbonyl (C=O) groups excluding carboxylic acids is 1. The highest BCUT2D eigenvalue weighted by Crippen LogP contribution is 2.28. The lowest BCUT2D eigenvalue weighted by atomic mass is 9.84. The number of piperidine rings is 3. The molecule has 1 aromatic carbocycles. The molecule has 2 aromatic heterocycles. The molecule has 3 fully saturated rings. The minimum Gasteiger partial charge on any atom is -0.348 e. The number of hydrogen-bond acceptors (Lipinski definition) is 2. The van der Waals surface area contributed by atoms with Gasteiger partial charge in [-0.1, -0.05) is 17.7 Å². The van der Waals surface area contributed by atoms with Gasteiger partial charge in [-0.05, 0) is 68.4 Å². The summed E-state index contributed by atoms with van der Waals surface area (Å²) >= 11 is 0. The first-order chi connectivity index (χ1) is 12.2. The first-order valence-electron chi connectivity index (χ1n) is 9.22. The zero-order chi connectivity index (χ0) is 17.0. The number of aryl methyl sites for hydroxylation is 1. The molecule has 0 unspecified atom stereocenters. The summed E-state index contributed by atoms with van der Waals surface area (Å²) in [6.45, 7) is 5.50. The van der Waals surface area contributed by atoms with E-state index in [2.05, 4.69) is 51.9 Å². The van der Waals surface area contributed by atoms with E-state index in [1.165, 1.54) is 36.9 Å². The van der Waals surface area contributed by atoms with Crippen molar-refractivity contribution in [2.24, 2.45) is 5.92 Å². The Balaban J connectivity index is 1.46. The van der Waals surface area contributed by atoms with Crippen LogP contribution in [-0.4, -0.2) is 40.9 Å². The van der Waals surface area contributed by atoms with Crippen molar-refractivity contribution in [3.63, 3.8) is 0 Å². The molecular formula is C21H23N3O. The average molecular weight is 333 g/mol. The number of rotatable bonds is 2. The van der Waals surface area contributed by atoms with E-state index in [4.69, 9.17) is 0 Å². The summed E-state index contributed by atoms with van der Waals surface area (Å²) in [4.78, 5) is 15.3. The van der Waals surface area contributed by atoms with Gasteiger partial charge >= 0.3 is 0 Å². The van der Waals surface area contributed by atoms with Gasteiger partial charge in [0, 0.05) is 24.3 Å². The van der Waals surface area contributed by atoms with Crippen LogP contribution < -0.4 is 5.32 Å². The topological polar surface area (TPSA) is 36.8 Å². The number of pyridine rings is 1. The van der Waals surface area contributed by atoms with E-state index in [-0.39, 0.29) is 5.91 Å². The summed E-state index contributed by atoms with van der Waals surface area (Å²) in [5.41, 5.74) is 4.21. The smallest absolute Gasteiger partial charge is 0.253 e. The molecule has 6 rings (SSSR count). The minimum absolute atomic E-state index is 0.0581. The second-order valence-corrected chi connectivity index (χ2v) is 7.64. The van der Waals surface area contributed by atoms with Crippen molar-refractivity contribution < 1.29 is 4.79 Å². The van der Waals surface area contributed by atoms with Crippen LogP contribution in [0.15, 0.2) is 42.6 Å². The molecule has 0 radical (unpaired) electrons. The van der Waals surface area contributed by atoms with E-state index in [0.29, 0.717) is 12.0 Å². The Morgan fingerprint density at radius 3 is 2.72 bits per heavy atom. The number of fused-ring (bicyclic) bond motifs is 6. The summed E-state index contributed by atoms with van der Waals surface area (Å²) in [6, 6.07) is 13.0. The maximum atomic E-state index is 12.8. The molecule has 128 valence electrons. The molecule has 3 saturated heterocycles. The Bertz CT molecular complexity index is 966. The van der Waals surface area contributed by atoms with Gasteiger partial charge in [0.2, 0.25) is 0 Å². The molecule has 3 aliphatic heterocycles. The van der Waals surface area contributed by atoms with Crippen LogP contribution in [0.3, 0.4) is 0 Å². The van der Waals surface area contributed by atoms with Gasteiger partial charge in [-0.3, -0.25) is 4.79 Å². The number of nitrogens with one attached hydrogen (secondary N) is 1. The summed E-state index contributed by atoms with van der Waals surface area (Å²) in [5.74, 6) is 0.706. The lowest BCUT2D eigenvalue weighted by Crippen LogP contribution is -2.57. The highest BCUT2D eigenvalue weighted by molar-refractivity contribution is 5.97. The molecule has 4 nitrogen and oxygen atoms in total. The fourth-order valence-electron chi connectivity index (χ4n) is 4.52. The van der Waals surface area contributed by atoms with Crippen LogP contribution in [0, 0.1) is 12.8 Å². The molecule has 1 atom stereocenters. The Morgan fingerprint density at radius 2 is 1.96 bits per heavy atom. The van der Waals surface area contributed by atoms with Crippen molar-refractivity contribution in [2.75, 3.05) is 19.6 Å². The first kappa shape index (κ1) is 15.0. The second-order valence-electron chi connectivity index (χ2n) is 7.64. The van der Waals surface area contributed by atoms with Gasteiger partial charge in [0.05, 0.1) is 11.1 Å². The van der Waals surface area contributed by atoms with Crippen molar-refractivity contribution in [1.29, 1.82) is 0 Å².